The second-order valence-electron chi connectivity index (χ2n) is 1.69. The van der Waals surface area contributed by atoms with Crippen LogP contribution >= 0.6 is 11.5 Å². The molecule has 11 heavy (non-hydrogen) atoms. The molecule has 62 valence electrons. The zero-order valence-electron chi connectivity index (χ0n) is 5.08. The normalized spacial score (nSPS) is 14.7. The maximum absolute atomic E-state index is 10.3. The first-order chi connectivity index (χ1) is 5.02. The molecule has 1 aromatic heterocycles. The van der Waals surface area contributed by atoms with Gasteiger partial charge in [0.05, 0.1) is 11.1 Å². The molecule has 0 aliphatic rings. The van der Waals surface area contributed by atoms with Gasteiger partial charge in [0.2, 0.25) is 5.44 Å². The number of aliphatic hydroxyl groups excluding tert-OH is 1. The number of hydrogen-bond acceptors (Lipinski definition) is 6. The SMILES string of the molecule is O=S(=O)(O)C(O)c1cnns1. The lowest BCUT2D eigenvalue weighted by Gasteiger charge is -2.00. The minimum atomic E-state index is -4.44. The van der Waals surface area contributed by atoms with Crippen molar-refractivity contribution in [3.05, 3.63) is 11.1 Å². The van der Waals surface area contributed by atoms with Crippen molar-refractivity contribution in [2.45, 2.75) is 5.44 Å². The topological polar surface area (TPSA) is 100 Å². The van der Waals surface area contributed by atoms with Crippen molar-refractivity contribution in [2.75, 3.05) is 0 Å². The van der Waals surface area contributed by atoms with Crippen LogP contribution in [0.4, 0.5) is 0 Å². The zero-order valence-corrected chi connectivity index (χ0v) is 6.71. The first kappa shape index (κ1) is 8.53. The highest BCUT2D eigenvalue weighted by Gasteiger charge is 2.23. The van der Waals surface area contributed by atoms with E-state index in [2.05, 4.69) is 9.59 Å². The minimum absolute atomic E-state index is 0.00694. The minimum Gasteiger partial charge on any atom is -0.371 e. The van der Waals surface area contributed by atoms with Crippen molar-refractivity contribution in [2.24, 2.45) is 0 Å². The van der Waals surface area contributed by atoms with Crippen molar-refractivity contribution in [1.82, 2.24) is 9.59 Å². The Kier molecular flexibility index (Phi) is 2.18. The summed E-state index contributed by atoms with van der Waals surface area (Å²) < 4.78 is 32.2. The van der Waals surface area contributed by atoms with Crippen LogP contribution in [0.5, 0.6) is 0 Å². The number of rotatable bonds is 2. The Hall–Kier alpha value is -0.570. The molecule has 0 fully saturated rings. The van der Waals surface area contributed by atoms with Crippen molar-refractivity contribution in [3.63, 3.8) is 0 Å². The average molecular weight is 196 g/mol. The highest BCUT2D eigenvalue weighted by Crippen LogP contribution is 2.19. The lowest BCUT2D eigenvalue weighted by molar-refractivity contribution is 0.241. The number of nitrogens with zero attached hydrogens (tertiary/aromatic N) is 2. The summed E-state index contributed by atoms with van der Waals surface area (Å²) in [5.41, 5.74) is -1.93. The second-order valence-corrected chi connectivity index (χ2v) is 3.98. The van der Waals surface area contributed by atoms with Gasteiger partial charge in [-0.05, 0) is 11.5 Å². The maximum Gasteiger partial charge on any atom is 0.297 e. The lowest BCUT2D eigenvalue weighted by Crippen LogP contribution is -2.09. The highest BCUT2D eigenvalue weighted by atomic mass is 32.2. The van der Waals surface area contributed by atoms with Gasteiger partial charge in [0, 0.05) is 0 Å². The van der Waals surface area contributed by atoms with E-state index in [9.17, 15) is 8.42 Å². The van der Waals surface area contributed by atoms with Gasteiger partial charge in [0.1, 0.15) is 0 Å². The van der Waals surface area contributed by atoms with E-state index in [-0.39, 0.29) is 4.88 Å². The molecule has 1 atom stereocenters. The Morgan fingerprint density at radius 2 is 2.27 bits per heavy atom. The molecule has 0 radical (unpaired) electrons. The van der Waals surface area contributed by atoms with Crippen LogP contribution in [0, 0.1) is 0 Å². The predicted octanol–water partition coefficient (Wildman–Crippen LogP) is -0.583. The molecule has 1 unspecified atom stereocenters. The van der Waals surface area contributed by atoms with E-state index in [1.807, 2.05) is 0 Å². The third kappa shape index (κ3) is 1.93. The molecule has 0 aliphatic heterocycles. The van der Waals surface area contributed by atoms with E-state index >= 15 is 0 Å². The van der Waals surface area contributed by atoms with Crippen LogP contribution in [-0.4, -0.2) is 27.7 Å². The van der Waals surface area contributed by atoms with Crippen LogP contribution in [0.2, 0.25) is 0 Å². The van der Waals surface area contributed by atoms with Crippen LogP contribution in [0.25, 0.3) is 0 Å². The molecule has 0 spiro atoms. The molecule has 0 saturated carbocycles. The van der Waals surface area contributed by atoms with Crippen molar-refractivity contribution >= 4 is 21.7 Å². The molecular weight excluding hydrogens is 192 g/mol. The van der Waals surface area contributed by atoms with Crippen LogP contribution in [0.3, 0.4) is 0 Å². The van der Waals surface area contributed by atoms with Crippen LogP contribution in [-0.2, 0) is 10.1 Å². The lowest BCUT2D eigenvalue weighted by atomic mass is 10.6. The quantitative estimate of drug-likeness (QED) is 0.613. The third-order valence-electron chi connectivity index (χ3n) is 0.904. The summed E-state index contributed by atoms with van der Waals surface area (Å²) in [6.07, 6.45) is 1.07. The predicted molar refractivity (Wildman–Crippen MR) is 36.4 cm³/mol. The third-order valence-corrected chi connectivity index (χ3v) is 2.59. The molecule has 0 bridgehead atoms. The standard InChI is InChI=1S/C3H4N2O4S2/c6-3(11(7,8)9)2-1-4-5-10-2/h1,3,6H,(H,7,8,9). The highest BCUT2D eigenvalue weighted by molar-refractivity contribution is 7.86. The smallest absolute Gasteiger partial charge is 0.297 e. The van der Waals surface area contributed by atoms with Crippen molar-refractivity contribution in [1.29, 1.82) is 0 Å². The zero-order chi connectivity index (χ0) is 8.48. The molecule has 1 heterocycles. The van der Waals surface area contributed by atoms with E-state index in [4.69, 9.17) is 9.66 Å². The molecule has 0 aromatic carbocycles. The van der Waals surface area contributed by atoms with Gasteiger partial charge >= 0.3 is 0 Å². The fourth-order valence-electron chi connectivity index (χ4n) is 0.430. The van der Waals surface area contributed by atoms with Crippen LogP contribution in [0.1, 0.15) is 10.3 Å². The van der Waals surface area contributed by atoms with E-state index in [1.165, 1.54) is 0 Å². The summed E-state index contributed by atoms with van der Waals surface area (Å²) in [6.45, 7) is 0. The van der Waals surface area contributed by atoms with Gasteiger partial charge in [-0.1, -0.05) is 4.49 Å². The summed E-state index contributed by atoms with van der Waals surface area (Å²) in [7, 11) is -4.44. The van der Waals surface area contributed by atoms with Gasteiger partial charge in [0.15, 0.2) is 0 Å². The fraction of sp³-hybridized carbons (Fsp3) is 0.333. The molecule has 6 nitrogen and oxygen atoms in total. The molecule has 2 N–H and O–H groups in total. The van der Waals surface area contributed by atoms with E-state index in [1.54, 1.807) is 0 Å². The van der Waals surface area contributed by atoms with Gasteiger partial charge in [0.25, 0.3) is 10.1 Å². The molecule has 1 rings (SSSR count). The summed E-state index contributed by atoms with van der Waals surface area (Å²) in [5, 5.41) is 12.1. The number of aromatic nitrogens is 2. The fourth-order valence-corrected chi connectivity index (χ4v) is 1.65. The first-order valence-corrected chi connectivity index (χ1v) is 4.71. The molecule has 0 saturated heterocycles. The summed E-state index contributed by atoms with van der Waals surface area (Å²) in [5.74, 6) is 0. The van der Waals surface area contributed by atoms with Crippen molar-refractivity contribution < 1.29 is 18.1 Å². The number of aliphatic hydroxyl groups is 1. The van der Waals surface area contributed by atoms with E-state index < -0.39 is 15.6 Å². The van der Waals surface area contributed by atoms with Gasteiger partial charge in [-0.2, -0.15) is 8.42 Å². The monoisotopic (exact) mass is 196 g/mol. The second kappa shape index (κ2) is 2.81. The van der Waals surface area contributed by atoms with Gasteiger partial charge in [-0.3, -0.25) is 4.55 Å². The summed E-state index contributed by atoms with van der Waals surface area (Å²) >= 11 is 0.708. The Labute approximate surface area is 66.4 Å². The van der Waals surface area contributed by atoms with E-state index in [0.29, 0.717) is 11.5 Å². The Balaban J connectivity index is 2.97. The number of hydrogen-bond donors (Lipinski definition) is 2. The van der Waals surface area contributed by atoms with Crippen LogP contribution < -0.4 is 0 Å². The first-order valence-electron chi connectivity index (χ1n) is 2.43. The largest absolute Gasteiger partial charge is 0.371 e. The Morgan fingerprint density at radius 1 is 1.64 bits per heavy atom. The van der Waals surface area contributed by atoms with E-state index in [0.717, 1.165) is 6.20 Å². The molecule has 0 aliphatic carbocycles. The van der Waals surface area contributed by atoms with Crippen molar-refractivity contribution in [3.8, 4) is 0 Å². The maximum atomic E-state index is 10.3. The Morgan fingerprint density at radius 3 is 2.64 bits per heavy atom. The summed E-state index contributed by atoms with van der Waals surface area (Å²) in [6, 6.07) is 0. The van der Waals surface area contributed by atoms with Gasteiger partial charge < -0.3 is 5.11 Å². The summed E-state index contributed by atoms with van der Waals surface area (Å²) in [4.78, 5) is -0.00694. The molecule has 0 amide bonds. The molecular formula is C3H4N2O4S2. The van der Waals surface area contributed by atoms with Crippen LogP contribution in [0.15, 0.2) is 6.20 Å². The average Bonchev–Trinajstić information content (AvgIpc) is 2.34. The van der Waals surface area contributed by atoms with Gasteiger partial charge in [-0.15, -0.1) is 5.10 Å². The molecule has 1 aromatic rings. The van der Waals surface area contributed by atoms with Gasteiger partial charge in [-0.25, -0.2) is 0 Å². The Bertz CT molecular complexity index is 317. The molecule has 8 heteroatoms.